The number of methoxy groups -OCH3 is 4. The van der Waals surface area contributed by atoms with E-state index in [0.29, 0.717) is 23.0 Å². The molecular formula is C26H30O5. The van der Waals surface area contributed by atoms with Crippen LogP contribution < -0.4 is 18.9 Å². The zero-order valence-electron chi connectivity index (χ0n) is 18.7. The van der Waals surface area contributed by atoms with Gasteiger partial charge in [-0.2, -0.15) is 0 Å². The van der Waals surface area contributed by atoms with Gasteiger partial charge in [-0.05, 0) is 47.9 Å². The molecule has 5 nitrogen and oxygen atoms in total. The molecule has 0 aliphatic carbocycles. The Hall–Kier alpha value is -3.18. The molecule has 0 aromatic heterocycles. The third kappa shape index (κ3) is 4.78. The number of aliphatic hydroxyl groups excluding tert-OH is 1. The maximum atomic E-state index is 10.5. The van der Waals surface area contributed by atoms with Gasteiger partial charge in [-0.25, -0.2) is 0 Å². The van der Waals surface area contributed by atoms with Crippen molar-refractivity contribution in [1.29, 1.82) is 0 Å². The fourth-order valence-electron chi connectivity index (χ4n) is 3.97. The van der Waals surface area contributed by atoms with Crippen LogP contribution in [0.5, 0.6) is 23.0 Å². The molecule has 0 spiro atoms. The van der Waals surface area contributed by atoms with E-state index in [1.165, 1.54) is 5.56 Å². The zero-order valence-corrected chi connectivity index (χ0v) is 18.7. The molecule has 0 aliphatic heterocycles. The first-order valence-electron chi connectivity index (χ1n) is 10.2. The first kappa shape index (κ1) is 22.5. The van der Waals surface area contributed by atoms with Crippen LogP contribution in [0.15, 0.2) is 60.7 Å². The highest BCUT2D eigenvalue weighted by Gasteiger charge is 2.28. The summed E-state index contributed by atoms with van der Waals surface area (Å²) in [4.78, 5) is 0. The number of benzene rings is 3. The van der Waals surface area contributed by atoms with Crippen LogP contribution in [0, 0.1) is 6.92 Å². The van der Waals surface area contributed by atoms with Crippen molar-refractivity contribution in [3.05, 3.63) is 82.9 Å². The highest BCUT2D eigenvalue weighted by molar-refractivity contribution is 5.51. The van der Waals surface area contributed by atoms with Gasteiger partial charge < -0.3 is 24.1 Å². The van der Waals surface area contributed by atoms with Crippen molar-refractivity contribution in [2.45, 2.75) is 18.8 Å². The smallest absolute Gasteiger partial charge is 0.161 e. The second-order valence-electron chi connectivity index (χ2n) is 7.41. The van der Waals surface area contributed by atoms with Crippen molar-refractivity contribution in [3.63, 3.8) is 0 Å². The topological polar surface area (TPSA) is 57.2 Å². The van der Waals surface area contributed by atoms with Crippen molar-refractivity contribution in [3.8, 4) is 23.0 Å². The molecule has 0 fully saturated rings. The molecule has 31 heavy (non-hydrogen) atoms. The molecule has 0 aliphatic rings. The molecule has 1 unspecified atom stereocenters. The molecule has 164 valence electrons. The molecule has 0 bridgehead atoms. The van der Waals surface area contributed by atoms with Crippen LogP contribution in [-0.2, 0) is 0 Å². The first-order chi connectivity index (χ1) is 15.1. The van der Waals surface area contributed by atoms with Crippen LogP contribution in [0.1, 0.15) is 34.1 Å². The fraction of sp³-hybridized carbons (Fsp3) is 0.308. The molecule has 0 saturated carbocycles. The molecule has 5 heteroatoms. The lowest BCUT2D eigenvalue weighted by Crippen LogP contribution is -2.17. The summed E-state index contributed by atoms with van der Waals surface area (Å²) in [6, 6.07) is 20.0. The van der Waals surface area contributed by atoms with Gasteiger partial charge in [0.2, 0.25) is 0 Å². The monoisotopic (exact) mass is 422 g/mol. The Morgan fingerprint density at radius 1 is 0.613 bits per heavy atom. The quantitative estimate of drug-likeness (QED) is 0.529. The number of rotatable bonds is 9. The van der Waals surface area contributed by atoms with Crippen LogP contribution in [0.25, 0.3) is 0 Å². The minimum absolute atomic E-state index is 0.0174. The van der Waals surface area contributed by atoms with Gasteiger partial charge in [0.15, 0.2) is 23.0 Å². The standard InChI is InChI=1S/C26H30O5/c1-17-6-8-18(9-7-17)21(16-27)26(19-10-12-22(28-2)24(14-19)30-4)20-11-13-23(29-3)25(15-20)31-5/h6-15,21,26-27H,16H2,1-5H3. The Morgan fingerprint density at radius 2 is 1.03 bits per heavy atom. The Balaban J connectivity index is 2.19. The van der Waals surface area contributed by atoms with Gasteiger partial charge in [0.25, 0.3) is 0 Å². The number of hydrogen-bond acceptors (Lipinski definition) is 5. The van der Waals surface area contributed by atoms with E-state index in [0.717, 1.165) is 16.7 Å². The minimum Gasteiger partial charge on any atom is -0.493 e. The molecular weight excluding hydrogens is 392 g/mol. The van der Waals surface area contributed by atoms with Crippen LogP contribution in [0.2, 0.25) is 0 Å². The van der Waals surface area contributed by atoms with Gasteiger partial charge >= 0.3 is 0 Å². The fourth-order valence-corrected chi connectivity index (χ4v) is 3.97. The molecule has 3 aromatic rings. The van der Waals surface area contributed by atoms with Crippen molar-refractivity contribution < 1.29 is 24.1 Å². The molecule has 1 atom stereocenters. The van der Waals surface area contributed by atoms with E-state index in [1.807, 2.05) is 36.4 Å². The maximum Gasteiger partial charge on any atom is 0.161 e. The van der Waals surface area contributed by atoms with Crippen LogP contribution in [0.3, 0.4) is 0 Å². The second kappa shape index (κ2) is 10.2. The average Bonchev–Trinajstić information content (AvgIpc) is 2.82. The van der Waals surface area contributed by atoms with Crippen molar-refractivity contribution in [1.82, 2.24) is 0 Å². The van der Waals surface area contributed by atoms with E-state index in [1.54, 1.807) is 28.4 Å². The van der Waals surface area contributed by atoms with Crippen molar-refractivity contribution >= 4 is 0 Å². The molecule has 3 rings (SSSR count). The third-order valence-electron chi connectivity index (χ3n) is 5.64. The number of aryl methyl sites for hydroxylation is 1. The minimum atomic E-state index is -0.170. The zero-order chi connectivity index (χ0) is 22.4. The summed E-state index contributed by atoms with van der Waals surface area (Å²) >= 11 is 0. The van der Waals surface area contributed by atoms with Gasteiger partial charge in [0.05, 0.1) is 35.0 Å². The summed E-state index contributed by atoms with van der Waals surface area (Å²) < 4.78 is 21.9. The highest BCUT2D eigenvalue weighted by atomic mass is 16.5. The molecule has 0 radical (unpaired) electrons. The maximum absolute atomic E-state index is 10.5. The molecule has 0 saturated heterocycles. The summed E-state index contributed by atoms with van der Waals surface area (Å²) in [6.45, 7) is 2.04. The molecule has 0 amide bonds. The molecule has 0 heterocycles. The lowest BCUT2D eigenvalue weighted by molar-refractivity contribution is 0.255. The number of hydrogen-bond donors (Lipinski definition) is 1. The van der Waals surface area contributed by atoms with E-state index in [2.05, 4.69) is 31.2 Å². The Kier molecular flexibility index (Phi) is 7.42. The van der Waals surface area contributed by atoms with Gasteiger partial charge in [0, 0.05) is 11.8 Å². The van der Waals surface area contributed by atoms with Gasteiger partial charge in [-0.1, -0.05) is 42.0 Å². The predicted molar refractivity (Wildman–Crippen MR) is 122 cm³/mol. The highest BCUT2D eigenvalue weighted by Crippen LogP contribution is 2.43. The largest absolute Gasteiger partial charge is 0.493 e. The molecule has 1 N–H and O–H groups in total. The second-order valence-corrected chi connectivity index (χ2v) is 7.41. The van der Waals surface area contributed by atoms with Gasteiger partial charge in [-0.3, -0.25) is 0 Å². The summed E-state index contributed by atoms with van der Waals surface area (Å²) in [5.41, 5.74) is 4.24. The van der Waals surface area contributed by atoms with Crippen LogP contribution in [0.4, 0.5) is 0 Å². The van der Waals surface area contributed by atoms with E-state index in [-0.39, 0.29) is 18.4 Å². The third-order valence-corrected chi connectivity index (χ3v) is 5.64. The Morgan fingerprint density at radius 3 is 1.42 bits per heavy atom. The normalized spacial score (nSPS) is 11.8. The average molecular weight is 423 g/mol. The predicted octanol–water partition coefficient (Wildman–Crippen LogP) is 4.94. The summed E-state index contributed by atoms with van der Waals surface area (Å²) in [5.74, 6) is 2.29. The van der Waals surface area contributed by atoms with E-state index < -0.39 is 0 Å². The van der Waals surface area contributed by atoms with Gasteiger partial charge in [-0.15, -0.1) is 0 Å². The first-order valence-corrected chi connectivity index (χ1v) is 10.2. The number of ether oxygens (including phenoxy) is 4. The summed E-state index contributed by atoms with van der Waals surface area (Å²) in [5, 5.41) is 10.5. The summed E-state index contributed by atoms with van der Waals surface area (Å²) in [6.07, 6.45) is 0. The van der Waals surface area contributed by atoms with Crippen molar-refractivity contribution in [2.24, 2.45) is 0 Å². The van der Waals surface area contributed by atoms with Crippen LogP contribution in [-0.4, -0.2) is 40.2 Å². The van der Waals surface area contributed by atoms with E-state index >= 15 is 0 Å². The summed E-state index contributed by atoms with van der Waals surface area (Å²) in [7, 11) is 6.48. The van der Waals surface area contributed by atoms with Gasteiger partial charge in [0.1, 0.15) is 0 Å². The van der Waals surface area contributed by atoms with Crippen LogP contribution >= 0.6 is 0 Å². The Labute approximate surface area is 184 Å². The molecule has 3 aromatic carbocycles. The Bertz CT molecular complexity index is 942. The lowest BCUT2D eigenvalue weighted by Gasteiger charge is -2.28. The lowest BCUT2D eigenvalue weighted by atomic mass is 9.77. The van der Waals surface area contributed by atoms with E-state index in [9.17, 15) is 5.11 Å². The number of aliphatic hydroxyl groups is 1. The SMILES string of the molecule is COc1ccc(C(c2ccc(OC)c(OC)c2)C(CO)c2ccc(C)cc2)cc1OC. The van der Waals surface area contributed by atoms with Crippen molar-refractivity contribution in [2.75, 3.05) is 35.0 Å². The van der Waals surface area contributed by atoms with E-state index in [4.69, 9.17) is 18.9 Å².